The molecule has 0 aliphatic rings. The molecule has 2 aromatic carbocycles. The molecular formula is C20H16F3N3O2. The van der Waals surface area contributed by atoms with Crippen molar-refractivity contribution in [3.63, 3.8) is 0 Å². The highest BCUT2D eigenvalue weighted by molar-refractivity contribution is 5.96. The summed E-state index contributed by atoms with van der Waals surface area (Å²) in [6.07, 6.45) is -3.62. The molecule has 28 heavy (non-hydrogen) atoms. The Morgan fingerprint density at radius 3 is 2.29 bits per heavy atom. The number of ketones is 1. The molecule has 0 aromatic heterocycles. The van der Waals surface area contributed by atoms with Crippen LogP contribution in [0.3, 0.4) is 0 Å². The van der Waals surface area contributed by atoms with Gasteiger partial charge >= 0.3 is 6.18 Å². The fourth-order valence-electron chi connectivity index (χ4n) is 2.27. The summed E-state index contributed by atoms with van der Waals surface area (Å²) in [6, 6.07) is 16.0. The van der Waals surface area contributed by atoms with Gasteiger partial charge in [0.15, 0.2) is 0 Å². The summed E-state index contributed by atoms with van der Waals surface area (Å²) in [5.41, 5.74) is 1.63. The first-order valence-electron chi connectivity index (χ1n) is 8.18. The number of allylic oxidation sites excluding steroid dienone is 1. The third-order valence-corrected chi connectivity index (χ3v) is 3.69. The van der Waals surface area contributed by atoms with Crippen LogP contribution in [-0.2, 0) is 16.0 Å². The van der Waals surface area contributed by atoms with Gasteiger partial charge in [-0.3, -0.25) is 9.59 Å². The van der Waals surface area contributed by atoms with Crippen molar-refractivity contribution in [3.8, 4) is 6.07 Å². The minimum Gasteiger partial charge on any atom is -0.379 e. The van der Waals surface area contributed by atoms with E-state index >= 15 is 0 Å². The SMILES string of the molecule is N#Cc1ccc(NC(=O)C(Cc2ccccc2)NC=CC(=O)C(F)(F)F)cc1. The van der Waals surface area contributed by atoms with Crippen molar-refractivity contribution in [3.05, 3.63) is 78.0 Å². The fourth-order valence-corrected chi connectivity index (χ4v) is 2.27. The Kier molecular flexibility index (Phi) is 6.93. The number of carbonyl (C=O) groups excluding carboxylic acids is 2. The molecule has 0 spiro atoms. The number of amides is 1. The average Bonchev–Trinajstić information content (AvgIpc) is 2.67. The van der Waals surface area contributed by atoms with Gasteiger partial charge in [0.25, 0.3) is 5.78 Å². The molecule has 8 heteroatoms. The standard InChI is InChI=1S/C20H16F3N3O2/c21-20(22,23)18(27)10-11-25-17(12-14-4-2-1-3-5-14)19(28)26-16-8-6-15(13-24)7-9-16/h1-11,17,25H,12H2,(H,26,28). The number of nitrogens with zero attached hydrogens (tertiary/aromatic N) is 1. The molecule has 0 saturated carbocycles. The first kappa shape index (κ1) is 20.7. The Balaban J connectivity index is 2.12. The lowest BCUT2D eigenvalue weighted by Gasteiger charge is -2.17. The number of nitriles is 1. The van der Waals surface area contributed by atoms with Crippen LogP contribution in [0.15, 0.2) is 66.9 Å². The zero-order chi connectivity index (χ0) is 20.6. The molecule has 0 aliphatic carbocycles. The van der Waals surface area contributed by atoms with Crippen LogP contribution >= 0.6 is 0 Å². The lowest BCUT2D eigenvalue weighted by molar-refractivity contribution is -0.165. The predicted molar refractivity (Wildman–Crippen MR) is 97.1 cm³/mol. The summed E-state index contributed by atoms with van der Waals surface area (Å²) < 4.78 is 36.9. The number of halogens is 3. The van der Waals surface area contributed by atoms with E-state index in [9.17, 15) is 22.8 Å². The van der Waals surface area contributed by atoms with Crippen molar-refractivity contribution in [1.82, 2.24) is 5.32 Å². The summed E-state index contributed by atoms with van der Waals surface area (Å²) in [4.78, 5) is 23.5. The van der Waals surface area contributed by atoms with Crippen molar-refractivity contribution >= 4 is 17.4 Å². The molecule has 5 nitrogen and oxygen atoms in total. The van der Waals surface area contributed by atoms with Gasteiger partial charge in [-0.2, -0.15) is 18.4 Å². The van der Waals surface area contributed by atoms with Gasteiger partial charge in [0.1, 0.15) is 6.04 Å². The van der Waals surface area contributed by atoms with Gasteiger partial charge in [-0.25, -0.2) is 0 Å². The van der Waals surface area contributed by atoms with E-state index < -0.39 is 23.9 Å². The van der Waals surface area contributed by atoms with Crippen molar-refractivity contribution in [2.75, 3.05) is 5.32 Å². The van der Waals surface area contributed by atoms with Gasteiger partial charge in [-0.05, 0) is 29.8 Å². The Hall–Kier alpha value is -3.60. The Bertz CT molecular complexity index is 886. The molecule has 0 radical (unpaired) electrons. The third-order valence-electron chi connectivity index (χ3n) is 3.69. The number of benzene rings is 2. The van der Waals surface area contributed by atoms with Gasteiger partial charge in [0, 0.05) is 24.4 Å². The molecule has 1 atom stereocenters. The monoisotopic (exact) mass is 387 g/mol. The topological polar surface area (TPSA) is 82.0 Å². The van der Waals surface area contributed by atoms with Crippen LogP contribution in [0.25, 0.3) is 0 Å². The largest absolute Gasteiger partial charge is 0.454 e. The van der Waals surface area contributed by atoms with E-state index in [-0.39, 0.29) is 6.42 Å². The molecule has 0 saturated heterocycles. The highest BCUT2D eigenvalue weighted by Crippen LogP contribution is 2.16. The van der Waals surface area contributed by atoms with Crippen LogP contribution in [0.1, 0.15) is 11.1 Å². The summed E-state index contributed by atoms with van der Waals surface area (Å²) in [7, 11) is 0. The molecule has 1 unspecified atom stereocenters. The van der Waals surface area contributed by atoms with E-state index in [1.807, 2.05) is 6.07 Å². The molecule has 0 aliphatic heterocycles. The van der Waals surface area contributed by atoms with Gasteiger partial charge in [-0.15, -0.1) is 0 Å². The third kappa shape index (κ3) is 6.29. The average molecular weight is 387 g/mol. The van der Waals surface area contributed by atoms with E-state index in [4.69, 9.17) is 5.26 Å². The van der Waals surface area contributed by atoms with Crippen LogP contribution in [0, 0.1) is 11.3 Å². The van der Waals surface area contributed by atoms with Gasteiger partial charge in [0.2, 0.25) is 5.91 Å². The molecule has 1 amide bonds. The number of carbonyl (C=O) groups is 2. The van der Waals surface area contributed by atoms with Gasteiger partial charge < -0.3 is 10.6 Å². The Morgan fingerprint density at radius 1 is 1.07 bits per heavy atom. The number of nitrogens with one attached hydrogen (secondary N) is 2. The Morgan fingerprint density at radius 2 is 1.71 bits per heavy atom. The van der Waals surface area contributed by atoms with Gasteiger partial charge in [0.05, 0.1) is 11.6 Å². The quantitative estimate of drug-likeness (QED) is 0.714. The van der Waals surface area contributed by atoms with Crippen LogP contribution < -0.4 is 10.6 Å². The predicted octanol–water partition coefficient (Wildman–Crippen LogP) is 3.34. The van der Waals surface area contributed by atoms with Gasteiger partial charge in [-0.1, -0.05) is 30.3 Å². The lowest BCUT2D eigenvalue weighted by Crippen LogP contribution is -2.39. The fraction of sp³-hybridized carbons (Fsp3) is 0.150. The molecule has 144 valence electrons. The summed E-state index contributed by atoms with van der Waals surface area (Å²) >= 11 is 0. The summed E-state index contributed by atoms with van der Waals surface area (Å²) in [5, 5.41) is 14.0. The molecule has 2 rings (SSSR count). The second-order valence-electron chi connectivity index (χ2n) is 5.78. The maximum atomic E-state index is 12.6. The highest BCUT2D eigenvalue weighted by Gasteiger charge is 2.36. The first-order chi connectivity index (χ1) is 13.3. The molecule has 2 aromatic rings. The van der Waals surface area contributed by atoms with Crippen LogP contribution in [-0.4, -0.2) is 23.9 Å². The normalized spacial score (nSPS) is 12.2. The first-order valence-corrected chi connectivity index (χ1v) is 8.18. The molecule has 0 bridgehead atoms. The minimum absolute atomic E-state index is 0.188. The molecule has 2 N–H and O–H groups in total. The van der Waals surface area contributed by atoms with Crippen molar-refractivity contribution < 1.29 is 22.8 Å². The van der Waals surface area contributed by atoms with Crippen LogP contribution in [0.4, 0.5) is 18.9 Å². The van der Waals surface area contributed by atoms with Crippen LogP contribution in [0.2, 0.25) is 0 Å². The molecule has 0 fully saturated rings. The smallest absolute Gasteiger partial charge is 0.379 e. The lowest BCUT2D eigenvalue weighted by atomic mass is 10.1. The van der Waals surface area contributed by atoms with E-state index in [2.05, 4.69) is 10.6 Å². The highest BCUT2D eigenvalue weighted by atomic mass is 19.4. The van der Waals surface area contributed by atoms with Crippen molar-refractivity contribution in [2.45, 2.75) is 18.6 Å². The zero-order valence-corrected chi connectivity index (χ0v) is 14.5. The summed E-state index contributed by atoms with van der Waals surface area (Å²) in [6.45, 7) is 0. The number of rotatable bonds is 7. The number of hydrogen-bond acceptors (Lipinski definition) is 4. The second-order valence-corrected chi connectivity index (χ2v) is 5.78. The van der Waals surface area contributed by atoms with E-state index in [0.29, 0.717) is 17.3 Å². The second kappa shape index (κ2) is 9.37. The van der Waals surface area contributed by atoms with Crippen molar-refractivity contribution in [1.29, 1.82) is 5.26 Å². The Labute approximate surface area is 159 Å². The molecule has 0 heterocycles. The maximum Gasteiger partial charge on any atom is 0.454 e. The van der Waals surface area contributed by atoms with E-state index in [1.165, 1.54) is 12.1 Å². The number of hydrogen-bond donors (Lipinski definition) is 2. The van der Waals surface area contributed by atoms with Crippen molar-refractivity contribution in [2.24, 2.45) is 0 Å². The summed E-state index contributed by atoms with van der Waals surface area (Å²) in [5.74, 6) is -2.52. The molecular weight excluding hydrogens is 371 g/mol. The van der Waals surface area contributed by atoms with E-state index in [1.54, 1.807) is 42.5 Å². The van der Waals surface area contributed by atoms with E-state index in [0.717, 1.165) is 11.8 Å². The maximum absolute atomic E-state index is 12.6. The van der Waals surface area contributed by atoms with Crippen LogP contribution in [0.5, 0.6) is 0 Å². The minimum atomic E-state index is -4.97. The zero-order valence-electron chi connectivity index (χ0n) is 14.5. The number of anilines is 1. The number of alkyl halides is 3.